The second kappa shape index (κ2) is 5.31. The van der Waals surface area contributed by atoms with Gasteiger partial charge in [-0.05, 0) is 25.1 Å². The van der Waals surface area contributed by atoms with E-state index in [4.69, 9.17) is 9.52 Å². The van der Waals surface area contributed by atoms with Gasteiger partial charge in [0.25, 0.3) is 5.95 Å². The summed E-state index contributed by atoms with van der Waals surface area (Å²) in [4.78, 5) is 19.8. The van der Waals surface area contributed by atoms with Crippen LogP contribution in [0.5, 0.6) is 0 Å². The summed E-state index contributed by atoms with van der Waals surface area (Å²) in [6.07, 6.45) is 2.88. The van der Waals surface area contributed by atoms with Crippen LogP contribution in [0.2, 0.25) is 0 Å². The Bertz CT molecular complexity index is 1030. The Morgan fingerprint density at radius 1 is 1.25 bits per heavy atom. The van der Waals surface area contributed by atoms with E-state index in [0.717, 1.165) is 11.0 Å². The molecule has 0 spiro atoms. The molecule has 7 heteroatoms. The molecule has 0 radical (unpaired) electrons. The van der Waals surface area contributed by atoms with Gasteiger partial charge in [-0.1, -0.05) is 18.2 Å². The molecule has 0 amide bonds. The third kappa shape index (κ3) is 2.23. The fourth-order valence-corrected chi connectivity index (χ4v) is 2.52. The van der Waals surface area contributed by atoms with Crippen molar-refractivity contribution in [3.8, 4) is 17.4 Å². The van der Waals surface area contributed by atoms with Crippen LogP contribution in [0.15, 0.2) is 53.2 Å². The first kappa shape index (κ1) is 14.1. The zero-order valence-corrected chi connectivity index (χ0v) is 12.7. The Balaban J connectivity index is 1.80. The highest BCUT2D eigenvalue weighted by molar-refractivity contribution is 5.88. The maximum atomic E-state index is 11.1. The number of carbonyl (C=O) groups is 1. The minimum atomic E-state index is -1.04. The summed E-state index contributed by atoms with van der Waals surface area (Å²) in [7, 11) is 0. The predicted octanol–water partition coefficient (Wildman–Crippen LogP) is 3.08. The highest BCUT2D eigenvalue weighted by Crippen LogP contribution is 2.26. The average Bonchev–Trinajstić information content (AvgIpc) is 3.18. The van der Waals surface area contributed by atoms with Gasteiger partial charge in [0.05, 0.1) is 11.9 Å². The lowest BCUT2D eigenvalue weighted by Crippen LogP contribution is -2.06. The minimum absolute atomic E-state index is 0.118. The van der Waals surface area contributed by atoms with E-state index < -0.39 is 5.97 Å². The maximum Gasteiger partial charge on any atom is 0.339 e. The number of para-hydroxylation sites is 1. The molecule has 0 saturated carbocycles. The number of fused-ring (bicyclic) bond motifs is 1. The topological polar surface area (TPSA) is 94.0 Å². The molecule has 1 N–H and O–H groups in total. The van der Waals surface area contributed by atoms with Crippen molar-refractivity contribution >= 4 is 16.9 Å². The number of benzene rings is 1. The number of hydrogen-bond donors (Lipinski definition) is 1. The summed E-state index contributed by atoms with van der Waals surface area (Å²) in [6.45, 7) is 1.66. The standard InChI is InChI=1S/C17H12N4O3/c1-10-12(16(22)23)9-19-21(10)17-18-7-6-13(20-17)15-8-11-4-2-3-5-14(11)24-15/h2-9H,1H3,(H,22,23). The number of carboxylic acids is 1. The van der Waals surface area contributed by atoms with Gasteiger partial charge in [-0.25, -0.2) is 19.4 Å². The maximum absolute atomic E-state index is 11.1. The molecule has 3 aromatic heterocycles. The van der Waals surface area contributed by atoms with Crippen LogP contribution < -0.4 is 0 Å². The van der Waals surface area contributed by atoms with E-state index in [1.165, 1.54) is 10.9 Å². The van der Waals surface area contributed by atoms with Gasteiger partial charge < -0.3 is 9.52 Å². The molecule has 3 heterocycles. The van der Waals surface area contributed by atoms with Crippen LogP contribution in [0.25, 0.3) is 28.4 Å². The van der Waals surface area contributed by atoms with Gasteiger partial charge in [-0.3, -0.25) is 0 Å². The van der Waals surface area contributed by atoms with E-state index in [1.54, 1.807) is 19.2 Å². The van der Waals surface area contributed by atoms with Gasteiger partial charge in [-0.15, -0.1) is 0 Å². The van der Waals surface area contributed by atoms with Crippen molar-refractivity contribution in [2.45, 2.75) is 6.92 Å². The monoisotopic (exact) mass is 320 g/mol. The summed E-state index contributed by atoms with van der Waals surface area (Å²) in [6, 6.07) is 11.3. The molecule has 0 atom stereocenters. The quantitative estimate of drug-likeness (QED) is 0.623. The SMILES string of the molecule is Cc1c(C(=O)O)cnn1-c1nccc(-c2cc3ccccc3o2)n1. The number of aromatic nitrogens is 4. The van der Waals surface area contributed by atoms with Gasteiger partial charge in [0.15, 0.2) is 5.76 Å². The number of nitrogens with zero attached hydrogens (tertiary/aromatic N) is 4. The van der Waals surface area contributed by atoms with E-state index in [-0.39, 0.29) is 11.5 Å². The smallest absolute Gasteiger partial charge is 0.339 e. The Morgan fingerprint density at radius 2 is 2.08 bits per heavy atom. The molecule has 4 rings (SSSR count). The summed E-state index contributed by atoms with van der Waals surface area (Å²) < 4.78 is 7.20. The van der Waals surface area contributed by atoms with Crippen LogP contribution in [-0.2, 0) is 0 Å². The Kier molecular flexibility index (Phi) is 3.13. The van der Waals surface area contributed by atoms with Crippen LogP contribution in [0.4, 0.5) is 0 Å². The first-order chi connectivity index (χ1) is 11.6. The summed E-state index contributed by atoms with van der Waals surface area (Å²) >= 11 is 0. The second-order valence-electron chi connectivity index (χ2n) is 5.25. The molecular formula is C17H12N4O3. The van der Waals surface area contributed by atoms with Gasteiger partial charge in [0.1, 0.15) is 16.8 Å². The second-order valence-corrected chi connectivity index (χ2v) is 5.25. The minimum Gasteiger partial charge on any atom is -0.478 e. The molecule has 0 saturated heterocycles. The molecule has 0 aliphatic rings. The first-order valence-corrected chi connectivity index (χ1v) is 7.24. The number of aromatic carboxylic acids is 1. The van der Waals surface area contributed by atoms with Crippen molar-refractivity contribution in [1.29, 1.82) is 0 Å². The molecular weight excluding hydrogens is 308 g/mol. The third-order valence-corrected chi connectivity index (χ3v) is 3.75. The van der Waals surface area contributed by atoms with Crippen molar-refractivity contribution in [1.82, 2.24) is 19.7 Å². The zero-order chi connectivity index (χ0) is 16.7. The van der Waals surface area contributed by atoms with Crippen LogP contribution in [0.1, 0.15) is 16.1 Å². The Labute approximate surface area is 136 Å². The van der Waals surface area contributed by atoms with E-state index >= 15 is 0 Å². The summed E-state index contributed by atoms with van der Waals surface area (Å²) in [5.74, 6) is -0.131. The van der Waals surface area contributed by atoms with Crippen LogP contribution in [0, 0.1) is 6.92 Å². The molecule has 1 aromatic carbocycles. The van der Waals surface area contributed by atoms with Crippen molar-refractivity contribution in [3.63, 3.8) is 0 Å². The lowest BCUT2D eigenvalue weighted by atomic mass is 10.2. The highest BCUT2D eigenvalue weighted by Gasteiger charge is 2.16. The largest absolute Gasteiger partial charge is 0.478 e. The van der Waals surface area contributed by atoms with Gasteiger partial charge >= 0.3 is 5.97 Å². The molecule has 0 unspecified atom stereocenters. The van der Waals surface area contributed by atoms with Crippen molar-refractivity contribution in [2.75, 3.05) is 0 Å². The van der Waals surface area contributed by atoms with Gasteiger partial charge in [0.2, 0.25) is 0 Å². The lowest BCUT2D eigenvalue weighted by molar-refractivity contribution is 0.0696. The normalized spacial score (nSPS) is 11.0. The Morgan fingerprint density at radius 3 is 2.83 bits per heavy atom. The van der Waals surface area contributed by atoms with E-state index in [2.05, 4.69) is 15.1 Å². The van der Waals surface area contributed by atoms with Crippen LogP contribution in [0.3, 0.4) is 0 Å². The third-order valence-electron chi connectivity index (χ3n) is 3.75. The first-order valence-electron chi connectivity index (χ1n) is 7.24. The summed E-state index contributed by atoms with van der Waals surface area (Å²) in [5, 5.41) is 14.2. The molecule has 118 valence electrons. The molecule has 0 aliphatic heterocycles. The zero-order valence-electron chi connectivity index (χ0n) is 12.7. The fraction of sp³-hybridized carbons (Fsp3) is 0.0588. The average molecular weight is 320 g/mol. The highest BCUT2D eigenvalue weighted by atomic mass is 16.4. The lowest BCUT2D eigenvalue weighted by Gasteiger charge is -2.04. The molecule has 7 nitrogen and oxygen atoms in total. The Hall–Kier alpha value is -3.48. The van der Waals surface area contributed by atoms with E-state index in [9.17, 15) is 4.79 Å². The van der Waals surface area contributed by atoms with Crippen molar-refractivity contribution in [3.05, 3.63) is 60.0 Å². The van der Waals surface area contributed by atoms with Crippen LogP contribution in [-0.4, -0.2) is 30.8 Å². The van der Waals surface area contributed by atoms with Gasteiger partial charge in [0, 0.05) is 11.6 Å². The number of hydrogen-bond acceptors (Lipinski definition) is 5. The van der Waals surface area contributed by atoms with Crippen molar-refractivity contribution < 1.29 is 14.3 Å². The number of rotatable bonds is 3. The molecule has 0 aliphatic carbocycles. The summed E-state index contributed by atoms with van der Waals surface area (Å²) in [5.41, 5.74) is 1.95. The number of furan rings is 1. The fourth-order valence-electron chi connectivity index (χ4n) is 2.52. The molecule has 24 heavy (non-hydrogen) atoms. The molecule has 0 bridgehead atoms. The van der Waals surface area contributed by atoms with Crippen LogP contribution >= 0.6 is 0 Å². The van der Waals surface area contributed by atoms with Gasteiger partial charge in [-0.2, -0.15) is 5.10 Å². The van der Waals surface area contributed by atoms with E-state index in [0.29, 0.717) is 17.1 Å². The molecule has 0 fully saturated rings. The number of carboxylic acid groups (broad SMARTS) is 1. The predicted molar refractivity (Wildman–Crippen MR) is 86.1 cm³/mol. The van der Waals surface area contributed by atoms with E-state index in [1.807, 2.05) is 30.3 Å². The van der Waals surface area contributed by atoms with Crippen molar-refractivity contribution in [2.24, 2.45) is 0 Å². The molecule has 4 aromatic rings.